The highest BCUT2D eigenvalue weighted by Crippen LogP contribution is 2.12. The summed E-state index contributed by atoms with van der Waals surface area (Å²) in [5, 5.41) is 23.0. The lowest BCUT2D eigenvalue weighted by atomic mass is 10.4. The molecule has 0 spiro atoms. The van der Waals surface area contributed by atoms with E-state index in [1.165, 1.54) is 0 Å². The van der Waals surface area contributed by atoms with Gasteiger partial charge in [0.25, 0.3) is 0 Å². The monoisotopic (exact) mass is 247 g/mol. The van der Waals surface area contributed by atoms with E-state index in [-0.39, 0.29) is 29.1 Å². The first-order valence-electron chi connectivity index (χ1n) is 4.40. The number of carbonyl (C=O) groups is 1. The predicted molar refractivity (Wildman–Crippen MR) is 55.6 cm³/mol. The number of nitrogens with one attached hydrogen (secondary N) is 2. The van der Waals surface area contributed by atoms with Gasteiger partial charge < -0.3 is 15.8 Å². The van der Waals surface area contributed by atoms with Crippen molar-refractivity contribution in [2.45, 2.75) is 6.92 Å². The number of hydrogen-bond donors (Lipinski definition) is 3. The van der Waals surface area contributed by atoms with Crippen LogP contribution in [-0.4, -0.2) is 39.7 Å². The largest absolute Gasteiger partial charge is 0.410 e. The van der Waals surface area contributed by atoms with E-state index >= 15 is 0 Å². The molecule has 8 nitrogen and oxygen atoms in total. The molecule has 0 radical (unpaired) electrons. The van der Waals surface area contributed by atoms with Gasteiger partial charge in [-0.3, -0.25) is 4.79 Å². The number of nitrogens with zero attached hydrogens (tertiary/aromatic N) is 3. The van der Waals surface area contributed by atoms with Crippen molar-refractivity contribution in [3.05, 3.63) is 5.69 Å². The van der Waals surface area contributed by atoms with E-state index in [9.17, 15) is 4.79 Å². The molecule has 88 valence electrons. The summed E-state index contributed by atoms with van der Waals surface area (Å²) in [6.45, 7) is 2.32. The van der Waals surface area contributed by atoms with Gasteiger partial charge in [0.2, 0.25) is 16.9 Å². The summed E-state index contributed by atoms with van der Waals surface area (Å²) in [7, 11) is 0. The normalized spacial score (nSPS) is 11.2. The van der Waals surface area contributed by atoms with Crippen LogP contribution in [0, 0.1) is 0 Å². The van der Waals surface area contributed by atoms with Crippen molar-refractivity contribution in [3.8, 4) is 0 Å². The van der Waals surface area contributed by atoms with Crippen LogP contribution in [0.25, 0.3) is 0 Å². The van der Waals surface area contributed by atoms with Crippen molar-refractivity contribution in [2.75, 3.05) is 18.4 Å². The van der Waals surface area contributed by atoms with Crippen molar-refractivity contribution in [1.29, 1.82) is 0 Å². The summed E-state index contributed by atoms with van der Waals surface area (Å²) < 4.78 is 4.39. The first-order valence-corrected chi connectivity index (χ1v) is 4.77. The third kappa shape index (κ3) is 3.09. The maximum Gasteiger partial charge on any atom is 0.239 e. The Bertz CT molecular complexity index is 391. The van der Waals surface area contributed by atoms with Crippen LogP contribution in [0.2, 0.25) is 0 Å². The number of rotatable bonds is 5. The van der Waals surface area contributed by atoms with Gasteiger partial charge in [-0.15, -0.1) is 0 Å². The molecule has 0 aliphatic rings. The Kier molecular flexibility index (Phi) is 4.52. The van der Waals surface area contributed by atoms with Crippen molar-refractivity contribution in [2.24, 2.45) is 5.16 Å². The van der Waals surface area contributed by atoms with Gasteiger partial charge in [-0.25, -0.2) is 4.63 Å². The summed E-state index contributed by atoms with van der Waals surface area (Å²) in [6.07, 6.45) is 0. The first kappa shape index (κ1) is 12.2. The van der Waals surface area contributed by atoms with Crippen LogP contribution < -0.4 is 10.6 Å². The summed E-state index contributed by atoms with van der Waals surface area (Å²) >= 11 is 5.51. The Morgan fingerprint density at radius 3 is 3.00 bits per heavy atom. The summed E-state index contributed by atoms with van der Waals surface area (Å²) in [5.41, 5.74) is 0.0356. The molecule has 16 heavy (non-hydrogen) atoms. The average molecular weight is 248 g/mol. The zero-order valence-corrected chi connectivity index (χ0v) is 9.15. The maximum atomic E-state index is 11.1. The van der Waals surface area contributed by atoms with Crippen molar-refractivity contribution in [3.63, 3.8) is 0 Å². The Balaban J connectivity index is 2.61. The van der Waals surface area contributed by atoms with Crippen molar-refractivity contribution >= 4 is 28.5 Å². The SMILES string of the molecule is CCNC(=O)CNc1nonc1/C(Cl)=N/O. The molecule has 1 amide bonds. The van der Waals surface area contributed by atoms with E-state index in [1.54, 1.807) is 6.92 Å². The molecule has 0 unspecified atom stereocenters. The van der Waals surface area contributed by atoms with Crippen LogP contribution >= 0.6 is 11.6 Å². The molecule has 0 bridgehead atoms. The molecule has 3 N–H and O–H groups in total. The van der Waals surface area contributed by atoms with Gasteiger partial charge in [0, 0.05) is 6.54 Å². The van der Waals surface area contributed by atoms with E-state index in [1.807, 2.05) is 0 Å². The molecule has 1 aromatic heterocycles. The fourth-order valence-electron chi connectivity index (χ4n) is 0.911. The first-order chi connectivity index (χ1) is 7.69. The van der Waals surface area contributed by atoms with E-state index in [4.69, 9.17) is 16.8 Å². The summed E-state index contributed by atoms with van der Waals surface area (Å²) in [6, 6.07) is 0. The zero-order valence-electron chi connectivity index (χ0n) is 8.40. The lowest BCUT2D eigenvalue weighted by Crippen LogP contribution is -2.29. The Hall–Kier alpha value is -1.83. The lowest BCUT2D eigenvalue weighted by molar-refractivity contribution is -0.119. The number of anilines is 1. The Morgan fingerprint density at radius 1 is 1.62 bits per heavy atom. The van der Waals surface area contributed by atoms with E-state index in [0.29, 0.717) is 6.54 Å². The molecular weight excluding hydrogens is 238 g/mol. The van der Waals surface area contributed by atoms with E-state index < -0.39 is 0 Å². The van der Waals surface area contributed by atoms with E-state index in [0.717, 1.165) is 0 Å². The van der Waals surface area contributed by atoms with Gasteiger partial charge in [-0.2, -0.15) is 0 Å². The van der Waals surface area contributed by atoms with Crippen LogP contribution in [0.3, 0.4) is 0 Å². The van der Waals surface area contributed by atoms with Crippen molar-refractivity contribution in [1.82, 2.24) is 15.6 Å². The average Bonchev–Trinajstić information content (AvgIpc) is 2.74. The summed E-state index contributed by atoms with van der Waals surface area (Å²) in [4.78, 5) is 11.1. The fraction of sp³-hybridized carbons (Fsp3) is 0.429. The maximum absolute atomic E-state index is 11.1. The molecule has 0 saturated carbocycles. The molecule has 1 rings (SSSR count). The zero-order chi connectivity index (χ0) is 12.0. The second-order valence-corrected chi connectivity index (χ2v) is 3.02. The Morgan fingerprint density at radius 2 is 2.38 bits per heavy atom. The highest BCUT2D eigenvalue weighted by atomic mass is 35.5. The lowest BCUT2D eigenvalue weighted by Gasteiger charge is -2.02. The second-order valence-electron chi connectivity index (χ2n) is 2.66. The molecule has 0 saturated heterocycles. The van der Waals surface area contributed by atoms with Crippen LogP contribution in [0.1, 0.15) is 12.6 Å². The third-order valence-corrected chi connectivity index (χ3v) is 1.82. The highest BCUT2D eigenvalue weighted by Gasteiger charge is 2.15. The topological polar surface area (TPSA) is 113 Å². The predicted octanol–water partition coefficient (Wildman–Crippen LogP) is -0.00780. The molecule has 0 aromatic carbocycles. The quantitative estimate of drug-likeness (QED) is 0.383. The van der Waals surface area contributed by atoms with Crippen LogP contribution in [0.4, 0.5) is 5.82 Å². The molecule has 0 fully saturated rings. The third-order valence-electron chi connectivity index (χ3n) is 1.56. The standard InChI is InChI=1S/C7H10ClN5O3/c1-2-9-4(14)3-10-7-5(6(8)11-15)12-16-13-7/h15H,2-3H2,1H3,(H,9,14)(H,10,13)/b11-6-. The van der Waals surface area contributed by atoms with Gasteiger partial charge in [-0.05, 0) is 17.2 Å². The number of hydrogen-bond acceptors (Lipinski definition) is 7. The molecule has 0 aliphatic heterocycles. The second kappa shape index (κ2) is 5.91. The molecular formula is C7H10ClN5O3. The number of aromatic nitrogens is 2. The Labute approximate surface area is 95.6 Å². The van der Waals surface area contributed by atoms with Gasteiger partial charge in [0.1, 0.15) is 0 Å². The van der Waals surface area contributed by atoms with Crippen LogP contribution in [-0.2, 0) is 4.79 Å². The minimum Gasteiger partial charge on any atom is -0.410 e. The van der Waals surface area contributed by atoms with Gasteiger partial charge in [0.05, 0.1) is 6.54 Å². The van der Waals surface area contributed by atoms with Gasteiger partial charge in [0.15, 0.2) is 5.69 Å². The molecule has 0 aliphatic carbocycles. The molecule has 0 atom stereocenters. The molecule has 1 heterocycles. The van der Waals surface area contributed by atoms with Gasteiger partial charge in [-0.1, -0.05) is 16.8 Å². The van der Waals surface area contributed by atoms with Crippen LogP contribution in [0.5, 0.6) is 0 Å². The smallest absolute Gasteiger partial charge is 0.239 e. The number of amides is 1. The van der Waals surface area contributed by atoms with Crippen LogP contribution in [0.15, 0.2) is 9.78 Å². The number of carbonyl (C=O) groups excluding carboxylic acids is 1. The highest BCUT2D eigenvalue weighted by molar-refractivity contribution is 6.69. The van der Waals surface area contributed by atoms with E-state index in [2.05, 4.69) is 30.7 Å². The number of likely N-dealkylation sites (N-methyl/N-ethyl adjacent to an activating group) is 1. The molecule has 1 aromatic rings. The number of halogens is 1. The summed E-state index contributed by atoms with van der Waals surface area (Å²) in [5.74, 6) is -0.0810. The fourth-order valence-corrected chi connectivity index (χ4v) is 1.03. The van der Waals surface area contributed by atoms with Crippen molar-refractivity contribution < 1.29 is 14.6 Å². The minimum absolute atomic E-state index is 0.00928. The number of oxime groups is 1. The minimum atomic E-state index is -0.278. The van der Waals surface area contributed by atoms with Gasteiger partial charge >= 0.3 is 0 Å². The molecule has 9 heteroatoms.